The molecule has 0 aliphatic rings. The van der Waals surface area contributed by atoms with E-state index in [4.69, 9.17) is 0 Å². The molecule has 0 bridgehead atoms. The van der Waals surface area contributed by atoms with Crippen molar-refractivity contribution in [3.05, 3.63) is 29.6 Å². The molecular weight excluding hydrogens is 188 g/mol. The summed E-state index contributed by atoms with van der Waals surface area (Å²) in [6.07, 6.45) is 1.75. The number of hydrogen-bond donors (Lipinski definition) is 1. The summed E-state index contributed by atoms with van der Waals surface area (Å²) in [6.45, 7) is 9.43. The number of aromatic nitrogens is 1. The highest BCUT2D eigenvalue weighted by Crippen LogP contribution is 2.09. The quantitative estimate of drug-likeness (QED) is 0.815. The van der Waals surface area contributed by atoms with Crippen molar-refractivity contribution in [2.24, 2.45) is 0 Å². The van der Waals surface area contributed by atoms with Crippen LogP contribution in [0.5, 0.6) is 0 Å². The van der Waals surface area contributed by atoms with Gasteiger partial charge in [0, 0.05) is 14.5 Å². The third-order valence-electron chi connectivity index (χ3n) is 1.80. The van der Waals surface area contributed by atoms with Crippen LogP contribution in [0.4, 0.5) is 0 Å². The van der Waals surface area contributed by atoms with E-state index in [1.54, 1.807) is 6.20 Å². The predicted molar refractivity (Wildman–Crippen MR) is 64.7 cm³/mol. The molecule has 3 heteroatoms. The Hall–Kier alpha value is -1.38. The van der Waals surface area contributed by atoms with Gasteiger partial charge in [0.2, 0.25) is 5.91 Å². The first kappa shape index (κ1) is 13.6. The summed E-state index contributed by atoms with van der Waals surface area (Å²) >= 11 is 0. The Balaban J connectivity index is 0. The second-order valence-corrected chi connectivity index (χ2v) is 3.18. The first-order valence-corrected chi connectivity index (χ1v) is 5.29. The molecule has 1 aromatic rings. The van der Waals surface area contributed by atoms with Crippen LogP contribution >= 0.6 is 0 Å². The van der Waals surface area contributed by atoms with E-state index in [2.05, 4.69) is 10.3 Å². The van der Waals surface area contributed by atoms with E-state index in [0.29, 0.717) is 0 Å². The van der Waals surface area contributed by atoms with E-state index < -0.39 is 0 Å². The monoisotopic (exact) mass is 210 g/mol. The highest BCUT2D eigenvalue weighted by atomic mass is 16.1. The van der Waals surface area contributed by atoms with Crippen molar-refractivity contribution in [2.45, 2.75) is 40.7 Å². The third-order valence-corrected chi connectivity index (χ3v) is 1.80. The maximum atomic E-state index is 10.8. The van der Waals surface area contributed by atoms with Gasteiger partial charge in [-0.2, -0.15) is 0 Å². The van der Waals surface area contributed by atoms with Gasteiger partial charge in [0.15, 0.2) is 0 Å². The number of amides is 1. The lowest BCUT2D eigenvalue weighted by molar-refractivity contribution is -0.119. The largest absolute Gasteiger partial charge is 0.348 e. The summed E-state index contributed by atoms with van der Waals surface area (Å²) in [6, 6.07) is 3.89. The van der Waals surface area contributed by atoms with Gasteiger partial charge in [-0.25, -0.2) is 0 Å². The van der Waals surface area contributed by atoms with Crippen molar-refractivity contribution in [3.8, 4) is 0 Å². The van der Waals surface area contributed by atoms with Gasteiger partial charge in [-0.3, -0.25) is 9.78 Å². The summed E-state index contributed by atoms with van der Waals surface area (Å²) in [5.74, 6) is -0.0317. The van der Waals surface area contributed by atoms with Crippen LogP contribution in [0.25, 0.3) is 0 Å². The Kier molecular flexibility index (Phi) is 6.34. The molecule has 1 aromatic heterocycles. The number of hydrogen-bond acceptors (Lipinski definition) is 2. The van der Waals surface area contributed by atoms with Crippen LogP contribution in [0.3, 0.4) is 0 Å². The Morgan fingerprint density at radius 2 is 2.13 bits per heavy atom. The zero-order valence-electron chi connectivity index (χ0n) is 10.2. The van der Waals surface area contributed by atoms with Crippen LogP contribution in [0.15, 0.2) is 18.3 Å². The number of nitrogens with one attached hydrogen (secondary N) is 1. The summed E-state index contributed by atoms with van der Waals surface area (Å²) in [5, 5.41) is 2.78. The van der Waals surface area contributed by atoms with Crippen molar-refractivity contribution in [1.82, 2.24) is 10.3 Å². The van der Waals surface area contributed by atoms with Crippen LogP contribution in [0, 0.1) is 6.92 Å². The lowest BCUT2D eigenvalue weighted by atomic mass is 10.1. The van der Waals surface area contributed by atoms with Crippen molar-refractivity contribution >= 4 is 5.91 Å². The second-order valence-electron chi connectivity index (χ2n) is 3.18. The van der Waals surface area contributed by atoms with E-state index in [0.717, 1.165) is 11.3 Å². The molecule has 0 aliphatic carbocycles. The fraction of sp³-hybridized carbons (Fsp3) is 0.500. The average molecular weight is 210 g/mol. The Morgan fingerprint density at radius 3 is 2.60 bits per heavy atom. The van der Waals surface area contributed by atoms with Crippen LogP contribution in [-0.2, 0) is 4.79 Å². The number of pyridine rings is 1. The zero-order valence-corrected chi connectivity index (χ0v) is 10.2. The van der Waals surface area contributed by atoms with Gasteiger partial charge >= 0.3 is 0 Å². The van der Waals surface area contributed by atoms with Gasteiger partial charge in [0.25, 0.3) is 0 Å². The lowest BCUT2D eigenvalue weighted by Crippen LogP contribution is -2.24. The van der Waals surface area contributed by atoms with Crippen LogP contribution in [0.1, 0.15) is 46.4 Å². The highest BCUT2D eigenvalue weighted by molar-refractivity contribution is 5.73. The van der Waals surface area contributed by atoms with E-state index >= 15 is 0 Å². The maximum Gasteiger partial charge on any atom is 0.217 e. The van der Waals surface area contributed by atoms with Gasteiger partial charge in [0.05, 0.1) is 11.7 Å². The molecule has 1 amide bonds. The third kappa shape index (κ3) is 5.15. The average Bonchev–Trinajstić information content (AvgIpc) is 2.20. The van der Waals surface area contributed by atoms with E-state index in [1.807, 2.05) is 39.8 Å². The minimum absolute atomic E-state index is 0. The van der Waals surface area contributed by atoms with E-state index in [1.165, 1.54) is 6.92 Å². The smallest absolute Gasteiger partial charge is 0.217 e. The second kappa shape index (κ2) is 6.98. The van der Waals surface area contributed by atoms with E-state index in [-0.39, 0.29) is 13.4 Å². The highest BCUT2D eigenvalue weighted by Gasteiger charge is 2.06. The van der Waals surface area contributed by atoms with E-state index in [9.17, 15) is 4.79 Å². The zero-order chi connectivity index (χ0) is 11.8. The van der Waals surface area contributed by atoms with Crippen LogP contribution in [0.2, 0.25) is 0 Å². The number of nitrogens with zero attached hydrogens (tertiary/aromatic N) is 1. The van der Waals surface area contributed by atoms with Crippen molar-refractivity contribution in [3.63, 3.8) is 0 Å². The number of rotatable bonds is 2. The number of carbonyl (C=O) groups is 1. The normalized spacial score (nSPS) is 11.0. The molecule has 0 saturated carbocycles. The standard InChI is InChI=1S/C10H14N2O.C2H6.H2/c1-7-4-5-11-10(6-7)8(2)12-9(3)13;1-2;/h4-6,8H,1-3H3,(H,12,13);1-2H3;1H. The molecule has 1 rings (SSSR count). The minimum Gasteiger partial charge on any atom is -0.348 e. The maximum absolute atomic E-state index is 10.8. The van der Waals surface area contributed by atoms with Crippen molar-refractivity contribution in [1.29, 1.82) is 0 Å². The molecule has 0 aromatic carbocycles. The fourth-order valence-electron chi connectivity index (χ4n) is 1.18. The number of carbonyl (C=O) groups excluding carboxylic acids is 1. The number of aryl methyl sites for hydroxylation is 1. The van der Waals surface area contributed by atoms with Crippen molar-refractivity contribution < 1.29 is 6.22 Å². The molecule has 86 valence electrons. The summed E-state index contributed by atoms with van der Waals surface area (Å²) in [7, 11) is 0. The Bertz CT molecular complexity index is 316. The molecule has 0 aliphatic heterocycles. The lowest BCUT2D eigenvalue weighted by Gasteiger charge is -2.11. The molecule has 1 atom stereocenters. The molecule has 1 heterocycles. The summed E-state index contributed by atoms with van der Waals surface area (Å²) in [4.78, 5) is 15.0. The Morgan fingerprint density at radius 1 is 1.53 bits per heavy atom. The molecule has 15 heavy (non-hydrogen) atoms. The molecule has 0 spiro atoms. The van der Waals surface area contributed by atoms with Crippen LogP contribution < -0.4 is 5.32 Å². The molecule has 0 radical (unpaired) electrons. The molecule has 0 saturated heterocycles. The van der Waals surface area contributed by atoms with Gasteiger partial charge in [-0.15, -0.1) is 0 Å². The van der Waals surface area contributed by atoms with Crippen LogP contribution in [-0.4, -0.2) is 10.9 Å². The molecule has 0 fully saturated rings. The fourth-order valence-corrected chi connectivity index (χ4v) is 1.18. The van der Waals surface area contributed by atoms with Gasteiger partial charge in [-0.05, 0) is 31.5 Å². The van der Waals surface area contributed by atoms with Gasteiger partial charge in [-0.1, -0.05) is 13.8 Å². The summed E-state index contributed by atoms with van der Waals surface area (Å²) < 4.78 is 0. The van der Waals surface area contributed by atoms with Gasteiger partial charge in [0.1, 0.15) is 0 Å². The molecular formula is C12H22N2O. The van der Waals surface area contributed by atoms with Gasteiger partial charge < -0.3 is 5.32 Å². The minimum atomic E-state index is -0.0317. The molecule has 3 nitrogen and oxygen atoms in total. The topological polar surface area (TPSA) is 42.0 Å². The summed E-state index contributed by atoms with van der Waals surface area (Å²) in [5.41, 5.74) is 2.05. The van der Waals surface area contributed by atoms with Crippen molar-refractivity contribution in [2.75, 3.05) is 0 Å². The predicted octanol–water partition coefficient (Wildman–Crippen LogP) is 2.86. The molecule has 1 N–H and O–H groups in total. The first-order chi connectivity index (χ1) is 7.09. The first-order valence-electron chi connectivity index (χ1n) is 5.29. The molecule has 1 unspecified atom stereocenters. The Labute approximate surface area is 93.4 Å². The SMILES string of the molecule is CC.CC(=O)NC(C)c1cc(C)ccn1.[HH].